The lowest BCUT2D eigenvalue weighted by Gasteiger charge is -2.08. The fourth-order valence-electron chi connectivity index (χ4n) is 2.89. The highest BCUT2D eigenvalue weighted by Crippen LogP contribution is 2.34. The standard InChI is InChI=1S/C24H24N2O4/c1-15-11-19(25-13-17-7-5-9-21(29-3)23(17)27)20(12-16(15)2)26-14-18-8-6-10-22(30-4)24(18)28/h5-14,27-28H,1-4H3. The number of hydrogen-bond acceptors (Lipinski definition) is 6. The molecule has 6 nitrogen and oxygen atoms in total. The smallest absolute Gasteiger partial charge is 0.166 e. The number of phenols is 2. The second-order valence-electron chi connectivity index (χ2n) is 6.74. The Hall–Kier alpha value is -3.80. The van der Waals surface area contributed by atoms with Crippen LogP contribution in [-0.4, -0.2) is 36.9 Å². The molecule has 30 heavy (non-hydrogen) atoms. The molecule has 0 atom stereocenters. The predicted molar refractivity (Wildman–Crippen MR) is 120 cm³/mol. The highest BCUT2D eigenvalue weighted by molar-refractivity contribution is 5.90. The maximum atomic E-state index is 10.3. The maximum absolute atomic E-state index is 10.3. The van der Waals surface area contributed by atoms with E-state index in [1.54, 1.807) is 48.8 Å². The molecule has 0 bridgehead atoms. The third-order valence-electron chi connectivity index (χ3n) is 4.78. The van der Waals surface area contributed by atoms with Gasteiger partial charge in [0.15, 0.2) is 23.0 Å². The van der Waals surface area contributed by atoms with Crippen LogP contribution in [0, 0.1) is 13.8 Å². The number of rotatable bonds is 6. The molecule has 154 valence electrons. The zero-order valence-electron chi connectivity index (χ0n) is 17.4. The Bertz CT molecular complexity index is 1030. The molecule has 0 spiro atoms. The lowest BCUT2D eigenvalue weighted by Crippen LogP contribution is -1.89. The fraction of sp³-hybridized carbons (Fsp3) is 0.167. The average molecular weight is 404 g/mol. The quantitative estimate of drug-likeness (QED) is 0.551. The molecule has 6 heteroatoms. The number of ether oxygens (including phenoxy) is 2. The summed E-state index contributed by atoms with van der Waals surface area (Å²) in [6.45, 7) is 4.00. The van der Waals surface area contributed by atoms with Crippen molar-refractivity contribution in [1.29, 1.82) is 0 Å². The van der Waals surface area contributed by atoms with E-state index in [1.165, 1.54) is 14.2 Å². The summed E-state index contributed by atoms with van der Waals surface area (Å²) in [5.41, 5.74) is 4.49. The Labute approximate surface area is 175 Å². The van der Waals surface area contributed by atoms with E-state index in [2.05, 4.69) is 9.98 Å². The Balaban J connectivity index is 2.00. The SMILES string of the molecule is COc1cccc(C=Nc2cc(C)c(C)cc2N=Cc2cccc(OC)c2O)c1O. The molecular weight excluding hydrogens is 380 g/mol. The van der Waals surface area contributed by atoms with Crippen molar-refractivity contribution in [3.63, 3.8) is 0 Å². The van der Waals surface area contributed by atoms with Gasteiger partial charge in [0.25, 0.3) is 0 Å². The maximum Gasteiger partial charge on any atom is 0.166 e. The summed E-state index contributed by atoms with van der Waals surface area (Å²) in [7, 11) is 3.00. The molecule has 3 aromatic carbocycles. The van der Waals surface area contributed by atoms with Crippen molar-refractivity contribution in [2.45, 2.75) is 13.8 Å². The van der Waals surface area contributed by atoms with Crippen molar-refractivity contribution < 1.29 is 19.7 Å². The largest absolute Gasteiger partial charge is 0.504 e. The van der Waals surface area contributed by atoms with Gasteiger partial charge in [-0.2, -0.15) is 0 Å². The molecule has 0 saturated carbocycles. The summed E-state index contributed by atoms with van der Waals surface area (Å²) < 4.78 is 10.3. The Morgan fingerprint density at radius 3 is 1.47 bits per heavy atom. The van der Waals surface area contributed by atoms with Crippen molar-refractivity contribution in [1.82, 2.24) is 0 Å². The van der Waals surface area contributed by atoms with Crippen LogP contribution in [0.3, 0.4) is 0 Å². The van der Waals surface area contributed by atoms with Gasteiger partial charge < -0.3 is 19.7 Å². The number of aromatic hydroxyl groups is 2. The lowest BCUT2D eigenvalue weighted by molar-refractivity contribution is 0.373. The van der Waals surface area contributed by atoms with Crippen molar-refractivity contribution in [2.24, 2.45) is 9.98 Å². The van der Waals surface area contributed by atoms with Gasteiger partial charge in [0.05, 0.1) is 25.6 Å². The van der Waals surface area contributed by atoms with E-state index in [1.807, 2.05) is 26.0 Å². The number of phenolic OH excluding ortho intramolecular Hbond substituents is 2. The summed E-state index contributed by atoms with van der Waals surface area (Å²) in [4.78, 5) is 9.08. The third kappa shape index (κ3) is 4.43. The number of aryl methyl sites for hydroxylation is 2. The van der Waals surface area contributed by atoms with Crippen molar-refractivity contribution >= 4 is 23.8 Å². The number of aliphatic imine (C=N–C) groups is 2. The zero-order chi connectivity index (χ0) is 21.7. The monoisotopic (exact) mass is 404 g/mol. The molecule has 0 aliphatic heterocycles. The van der Waals surface area contributed by atoms with Crippen LogP contribution in [0.5, 0.6) is 23.0 Å². The molecule has 3 aromatic rings. The normalized spacial score (nSPS) is 11.3. The molecule has 0 fully saturated rings. The molecule has 0 saturated heterocycles. The predicted octanol–water partition coefficient (Wildman–Crippen LogP) is 5.23. The van der Waals surface area contributed by atoms with Crippen LogP contribution in [0.2, 0.25) is 0 Å². The van der Waals surface area contributed by atoms with Crippen molar-refractivity contribution in [3.05, 3.63) is 70.8 Å². The molecule has 2 N–H and O–H groups in total. The van der Waals surface area contributed by atoms with E-state index < -0.39 is 0 Å². The molecular formula is C24H24N2O4. The molecule has 0 unspecified atom stereocenters. The minimum atomic E-state index is 0.0268. The molecule has 0 aliphatic rings. The van der Waals surface area contributed by atoms with Gasteiger partial charge in [-0.25, -0.2) is 0 Å². The van der Waals surface area contributed by atoms with E-state index in [0.29, 0.717) is 34.0 Å². The van der Waals surface area contributed by atoms with Gasteiger partial charge in [-0.3, -0.25) is 9.98 Å². The average Bonchev–Trinajstić information content (AvgIpc) is 2.75. The second-order valence-corrected chi connectivity index (χ2v) is 6.74. The van der Waals surface area contributed by atoms with E-state index >= 15 is 0 Å². The molecule has 0 aromatic heterocycles. The molecule has 0 amide bonds. The van der Waals surface area contributed by atoms with E-state index in [-0.39, 0.29) is 11.5 Å². The highest BCUT2D eigenvalue weighted by Gasteiger charge is 2.08. The number of nitrogens with zero attached hydrogens (tertiary/aromatic N) is 2. The van der Waals surface area contributed by atoms with Gasteiger partial charge >= 0.3 is 0 Å². The topological polar surface area (TPSA) is 83.6 Å². The number of hydrogen-bond donors (Lipinski definition) is 2. The summed E-state index contributed by atoms with van der Waals surface area (Å²) >= 11 is 0. The minimum absolute atomic E-state index is 0.0268. The van der Waals surface area contributed by atoms with Crippen LogP contribution in [0.4, 0.5) is 11.4 Å². The first-order valence-electron chi connectivity index (χ1n) is 9.36. The van der Waals surface area contributed by atoms with Gasteiger partial charge in [-0.15, -0.1) is 0 Å². The van der Waals surface area contributed by atoms with Gasteiger partial charge in [0, 0.05) is 23.6 Å². The second kappa shape index (κ2) is 9.13. The van der Waals surface area contributed by atoms with Gasteiger partial charge in [0.1, 0.15) is 0 Å². The highest BCUT2D eigenvalue weighted by atomic mass is 16.5. The molecule has 3 rings (SSSR count). The van der Waals surface area contributed by atoms with Crippen LogP contribution < -0.4 is 9.47 Å². The number of methoxy groups -OCH3 is 2. The Morgan fingerprint density at radius 2 is 1.10 bits per heavy atom. The first-order chi connectivity index (χ1) is 14.4. The van der Waals surface area contributed by atoms with Crippen molar-refractivity contribution in [3.8, 4) is 23.0 Å². The summed E-state index contributed by atoms with van der Waals surface area (Å²) in [5, 5.41) is 20.6. The van der Waals surface area contributed by atoms with Crippen LogP contribution in [0.1, 0.15) is 22.3 Å². The third-order valence-corrected chi connectivity index (χ3v) is 4.78. The summed E-state index contributed by atoms with van der Waals surface area (Å²) in [5.74, 6) is 0.814. The van der Waals surface area contributed by atoms with E-state index in [9.17, 15) is 10.2 Å². The minimum Gasteiger partial charge on any atom is -0.504 e. The van der Waals surface area contributed by atoms with E-state index in [0.717, 1.165) is 11.1 Å². The Morgan fingerprint density at radius 1 is 0.700 bits per heavy atom. The molecule has 0 radical (unpaired) electrons. The number of para-hydroxylation sites is 2. The summed E-state index contributed by atoms with van der Waals surface area (Å²) in [6, 6.07) is 14.3. The molecule has 0 heterocycles. The lowest BCUT2D eigenvalue weighted by atomic mass is 10.1. The van der Waals surface area contributed by atoms with Gasteiger partial charge in [-0.1, -0.05) is 12.1 Å². The van der Waals surface area contributed by atoms with Crippen LogP contribution >= 0.6 is 0 Å². The van der Waals surface area contributed by atoms with Crippen LogP contribution in [0.15, 0.2) is 58.5 Å². The van der Waals surface area contributed by atoms with Crippen LogP contribution in [-0.2, 0) is 0 Å². The van der Waals surface area contributed by atoms with Gasteiger partial charge in [0.2, 0.25) is 0 Å². The number of benzene rings is 3. The zero-order valence-corrected chi connectivity index (χ0v) is 17.4. The fourth-order valence-corrected chi connectivity index (χ4v) is 2.89. The van der Waals surface area contributed by atoms with Gasteiger partial charge in [-0.05, 0) is 61.4 Å². The van der Waals surface area contributed by atoms with E-state index in [4.69, 9.17) is 9.47 Å². The Kier molecular flexibility index (Phi) is 6.37. The molecule has 0 aliphatic carbocycles. The summed E-state index contributed by atoms with van der Waals surface area (Å²) in [6.07, 6.45) is 3.15. The van der Waals surface area contributed by atoms with Crippen LogP contribution in [0.25, 0.3) is 0 Å². The van der Waals surface area contributed by atoms with Crippen molar-refractivity contribution in [2.75, 3.05) is 14.2 Å². The first kappa shape index (κ1) is 20.9. The first-order valence-corrected chi connectivity index (χ1v) is 9.36.